The van der Waals surface area contributed by atoms with Crippen LogP contribution in [0, 0.1) is 13.8 Å². The highest BCUT2D eigenvalue weighted by Gasteiger charge is 2.13. The second-order valence-electron chi connectivity index (χ2n) is 5.31. The number of hydrogen-bond acceptors (Lipinski definition) is 8. The number of carbonyl (C=O) groups excluding carboxylic acids is 2. The molecule has 2 aromatic heterocycles. The van der Waals surface area contributed by atoms with Gasteiger partial charge in [-0.1, -0.05) is 0 Å². The van der Waals surface area contributed by atoms with Crippen molar-refractivity contribution < 1.29 is 19.1 Å². The van der Waals surface area contributed by atoms with Gasteiger partial charge in [-0.05, 0) is 62.6 Å². The smallest absolute Gasteiger partial charge is 0.340 e. The molecule has 0 fully saturated rings. The number of ether oxygens (including phenoxy) is 2. The minimum atomic E-state index is -0.310. The summed E-state index contributed by atoms with van der Waals surface area (Å²) in [6.07, 6.45) is 3.43. The Bertz CT molecular complexity index is 623. The lowest BCUT2D eigenvalue weighted by Crippen LogP contribution is -2.08. The zero-order valence-electron chi connectivity index (χ0n) is 13.7. The van der Waals surface area contributed by atoms with Gasteiger partial charge >= 0.3 is 11.9 Å². The molecule has 6 nitrogen and oxygen atoms in total. The zero-order valence-corrected chi connectivity index (χ0v) is 15.4. The number of esters is 2. The standard InChI is InChI=1S/C16H20N2O4S2/c1-11-13(9-23-17-11)15(19)21-7-5-3-4-6-8-22-16(20)14-10-24-18-12(14)2/h9-10H,3-8H2,1-2H3. The first-order valence-corrected chi connectivity index (χ1v) is 9.43. The van der Waals surface area contributed by atoms with Crippen LogP contribution in [0.4, 0.5) is 0 Å². The van der Waals surface area contributed by atoms with Gasteiger partial charge in [0.15, 0.2) is 0 Å². The normalized spacial score (nSPS) is 10.6. The highest BCUT2D eigenvalue weighted by molar-refractivity contribution is 7.04. The topological polar surface area (TPSA) is 78.4 Å². The summed E-state index contributed by atoms with van der Waals surface area (Å²) in [5.41, 5.74) is 2.51. The SMILES string of the molecule is Cc1nscc1C(=O)OCCCCCCOC(=O)c1csnc1C. The van der Waals surface area contributed by atoms with E-state index in [2.05, 4.69) is 8.75 Å². The van der Waals surface area contributed by atoms with Crippen molar-refractivity contribution in [1.82, 2.24) is 8.75 Å². The van der Waals surface area contributed by atoms with E-state index in [0.29, 0.717) is 35.7 Å². The Balaban J connectivity index is 1.50. The van der Waals surface area contributed by atoms with Gasteiger partial charge in [-0.25, -0.2) is 9.59 Å². The number of rotatable bonds is 9. The van der Waals surface area contributed by atoms with Crippen LogP contribution in [-0.2, 0) is 9.47 Å². The van der Waals surface area contributed by atoms with Crippen LogP contribution < -0.4 is 0 Å². The van der Waals surface area contributed by atoms with Crippen molar-refractivity contribution >= 4 is 35.0 Å². The summed E-state index contributed by atoms with van der Waals surface area (Å²) in [6.45, 7) is 4.38. The van der Waals surface area contributed by atoms with Crippen LogP contribution in [0.1, 0.15) is 57.8 Å². The first kappa shape index (κ1) is 18.5. The lowest BCUT2D eigenvalue weighted by atomic mass is 10.2. The first-order valence-electron chi connectivity index (χ1n) is 7.75. The average molecular weight is 368 g/mol. The largest absolute Gasteiger partial charge is 0.462 e. The average Bonchev–Trinajstić information content (AvgIpc) is 3.17. The monoisotopic (exact) mass is 368 g/mol. The van der Waals surface area contributed by atoms with E-state index in [0.717, 1.165) is 25.7 Å². The van der Waals surface area contributed by atoms with Gasteiger partial charge in [-0.15, -0.1) is 0 Å². The minimum Gasteiger partial charge on any atom is -0.462 e. The Labute approximate surface area is 149 Å². The molecule has 0 aliphatic rings. The molecule has 0 saturated carbocycles. The molecule has 130 valence electrons. The molecule has 0 unspecified atom stereocenters. The van der Waals surface area contributed by atoms with E-state index in [1.165, 1.54) is 23.1 Å². The van der Waals surface area contributed by atoms with Crippen LogP contribution in [0.15, 0.2) is 10.8 Å². The number of unbranched alkanes of at least 4 members (excludes halogenated alkanes) is 3. The van der Waals surface area contributed by atoms with Crippen LogP contribution in [-0.4, -0.2) is 33.9 Å². The first-order chi connectivity index (χ1) is 11.6. The maximum atomic E-state index is 11.8. The number of aromatic nitrogens is 2. The lowest BCUT2D eigenvalue weighted by molar-refractivity contribution is 0.0473. The molecule has 0 spiro atoms. The van der Waals surface area contributed by atoms with Crippen LogP contribution in [0.2, 0.25) is 0 Å². The molecule has 0 amide bonds. The van der Waals surface area contributed by atoms with E-state index in [4.69, 9.17) is 9.47 Å². The quantitative estimate of drug-likeness (QED) is 0.495. The lowest BCUT2D eigenvalue weighted by Gasteiger charge is -2.05. The van der Waals surface area contributed by atoms with E-state index < -0.39 is 0 Å². The van der Waals surface area contributed by atoms with Gasteiger partial charge in [-0.2, -0.15) is 8.75 Å². The summed E-state index contributed by atoms with van der Waals surface area (Å²) < 4.78 is 18.5. The Morgan fingerprint density at radius 2 is 1.25 bits per heavy atom. The van der Waals surface area contributed by atoms with Gasteiger partial charge in [0.1, 0.15) is 0 Å². The van der Waals surface area contributed by atoms with Crippen LogP contribution >= 0.6 is 23.1 Å². The maximum absolute atomic E-state index is 11.8. The Morgan fingerprint density at radius 3 is 1.58 bits per heavy atom. The fraction of sp³-hybridized carbons (Fsp3) is 0.500. The summed E-state index contributed by atoms with van der Waals surface area (Å²) in [7, 11) is 0. The predicted molar refractivity (Wildman–Crippen MR) is 92.7 cm³/mol. The third kappa shape index (κ3) is 5.38. The van der Waals surface area contributed by atoms with E-state index in [-0.39, 0.29) is 11.9 Å². The maximum Gasteiger partial charge on any atom is 0.340 e. The summed E-state index contributed by atoms with van der Waals surface area (Å²) in [5.74, 6) is -0.621. The van der Waals surface area contributed by atoms with Crippen molar-refractivity contribution in [3.8, 4) is 0 Å². The predicted octanol–water partition coefficient (Wildman–Crippen LogP) is 3.79. The fourth-order valence-electron chi connectivity index (χ4n) is 2.02. The molecule has 8 heteroatoms. The van der Waals surface area contributed by atoms with Gasteiger partial charge in [0.05, 0.1) is 35.7 Å². The third-order valence-electron chi connectivity index (χ3n) is 3.44. The Morgan fingerprint density at radius 1 is 0.833 bits per heavy atom. The van der Waals surface area contributed by atoms with Crippen molar-refractivity contribution in [2.75, 3.05) is 13.2 Å². The van der Waals surface area contributed by atoms with Crippen molar-refractivity contribution in [1.29, 1.82) is 0 Å². The van der Waals surface area contributed by atoms with Crippen LogP contribution in [0.5, 0.6) is 0 Å². The van der Waals surface area contributed by atoms with Gasteiger partial charge in [0.2, 0.25) is 0 Å². The van der Waals surface area contributed by atoms with Crippen molar-refractivity contribution in [3.05, 3.63) is 33.3 Å². The molecular formula is C16H20N2O4S2. The Kier molecular flexibility index (Phi) is 7.33. The van der Waals surface area contributed by atoms with Crippen LogP contribution in [0.3, 0.4) is 0 Å². The van der Waals surface area contributed by atoms with E-state index >= 15 is 0 Å². The van der Waals surface area contributed by atoms with Gasteiger partial charge < -0.3 is 9.47 Å². The van der Waals surface area contributed by atoms with Crippen molar-refractivity contribution in [2.45, 2.75) is 39.5 Å². The highest BCUT2D eigenvalue weighted by atomic mass is 32.1. The number of nitrogens with zero attached hydrogens (tertiary/aromatic N) is 2. The van der Waals surface area contributed by atoms with Crippen molar-refractivity contribution in [2.24, 2.45) is 0 Å². The molecule has 0 saturated heterocycles. The van der Waals surface area contributed by atoms with E-state index in [9.17, 15) is 9.59 Å². The van der Waals surface area contributed by atoms with Gasteiger partial charge in [0, 0.05) is 10.8 Å². The summed E-state index contributed by atoms with van der Waals surface area (Å²) in [4.78, 5) is 23.5. The highest BCUT2D eigenvalue weighted by Crippen LogP contribution is 2.12. The molecular weight excluding hydrogens is 348 g/mol. The molecule has 2 heterocycles. The number of hydrogen-bond donors (Lipinski definition) is 0. The molecule has 2 rings (SSSR count). The number of carbonyl (C=O) groups is 2. The van der Waals surface area contributed by atoms with Gasteiger partial charge in [-0.3, -0.25) is 0 Å². The van der Waals surface area contributed by atoms with Gasteiger partial charge in [0.25, 0.3) is 0 Å². The second-order valence-corrected chi connectivity index (χ2v) is 6.57. The van der Waals surface area contributed by atoms with E-state index in [1.807, 2.05) is 0 Å². The minimum absolute atomic E-state index is 0.310. The molecule has 0 radical (unpaired) electrons. The molecule has 0 bridgehead atoms. The Hall–Kier alpha value is -1.80. The van der Waals surface area contributed by atoms with Crippen molar-refractivity contribution in [3.63, 3.8) is 0 Å². The van der Waals surface area contributed by atoms with Crippen LogP contribution in [0.25, 0.3) is 0 Å². The third-order valence-corrected chi connectivity index (χ3v) is 4.89. The fourth-order valence-corrected chi connectivity index (χ4v) is 3.38. The second kappa shape index (κ2) is 9.48. The molecule has 0 aromatic carbocycles. The summed E-state index contributed by atoms with van der Waals surface area (Å²) in [5, 5.41) is 3.41. The molecule has 24 heavy (non-hydrogen) atoms. The molecule has 0 aliphatic heterocycles. The molecule has 2 aromatic rings. The summed E-state index contributed by atoms with van der Waals surface area (Å²) >= 11 is 2.51. The summed E-state index contributed by atoms with van der Waals surface area (Å²) in [6, 6.07) is 0. The number of aryl methyl sites for hydroxylation is 2. The van der Waals surface area contributed by atoms with E-state index in [1.54, 1.807) is 24.6 Å². The molecule has 0 N–H and O–H groups in total. The zero-order chi connectivity index (χ0) is 17.4. The molecule has 0 atom stereocenters. The molecule has 0 aliphatic carbocycles.